The molecule has 1 aliphatic rings. The molecule has 4 rings (SSSR count). The third-order valence-corrected chi connectivity index (χ3v) is 6.23. The summed E-state index contributed by atoms with van der Waals surface area (Å²) in [6.07, 6.45) is 8.80. The average molecular weight is 501 g/mol. The molecule has 0 bridgehead atoms. The molecule has 0 saturated heterocycles. The fourth-order valence-corrected chi connectivity index (χ4v) is 4.45. The Labute approximate surface area is 214 Å². The van der Waals surface area contributed by atoms with E-state index < -0.39 is 0 Å². The minimum atomic E-state index is -0.266. The van der Waals surface area contributed by atoms with Crippen molar-refractivity contribution in [2.75, 3.05) is 18.6 Å². The first-order chi connectivity index (χ1) is 17.3. The lowest BCUT2D eigenvalue weighted by molar-refractivity contribution is 0.0985. The first kappa shape index (κ1) is 25.1. The van der Waals surface area contributed by atoms with Crippen LogP contribution in [-0.4, -0.2) is 24.9 Å². The molecule has 1 atom stereocenters. The van der Waals surface area contributed by atoms with E-state index in [0.29, 0.717) is 44.8 Å². The number of carbonyl (C=O) groups excluding carboxylic acids is 1. The second kappa shape index (κ2) is 10.7. The van der Waals surface area contributed by atoms with Crippen LogP contribution >= 0.6 is 11.9 Å². The molecule has 0 radical (unpaired) electrons. The fourth-order valence-electron chi connectivity index (χ4n) is 4.15. The molecule has 3 aromatic rings. The monoisotopic (exact) mass is 500 g/mol. The molecule has 1 heterocycles. The second-order valence-electron chi connectivity index (χ2n) is 8.49. The molecule has 1 aromatic heterocycles. The van der Waals surface area contributed by atoms with E-state index in [0.717, 1.165) is 11.1 Å². The molecule has 1 unspecified atom stereocenters. The van der Waals surface area contributed by atoms with Crippen LogP contribution in [0.2, 0.25) is 0 Å². The van der Waals surface area contributed by atoms with Gasteiger partial charge < -0.3 is 20.5 Å². The van der Waals surface area contributed by atoms with Crippen LogP contribution in [0, 0.1) is 12.3 Å². The van der Waals surface area contributed by atoms with E-state index in [1.54, 1.807) is 37.7 Å². The van der Waals surface area contributed by atoms with Crippen molar-refractivity contribution in [3.8, 4) is 0 Å². The molecule has 1 aliphatic carbocycles. The molecular weight excluding hydrogens is 472 g/mol. The number of hydrogen-bond acceptors (Lipinski definition) is 7. The van der Waals surface area contributed by atoms with Gasteiger partial charge in [0.25, 0.3) is 5.91 Å². The van der Waals surface area contributed by atoms with Gasteiger partial charge in [0, 0.05) is 48.0 Å². The van der Waals surface area contributed by atoms with Crippen LogP contribution < -0.4 is 20.8 Å². The van der Waals surface area contributed by atoms with E-state index in [1.165, 1.54) is 18.0 Å². The lowest BCUT2D eigenvalue weighted by atomic mass is 9.97. The number of aryl methyl sites for hydroxylation is 1. The third kappa shape index (κ3) is 5.13. The molecule has 7 nitrogen and oxygen atoms in total. The van der Waals surface area contributed by atoms with Gasteiger partial charge in [-0.05, 0) is 55.8 Å². The van der Waals surface area contributed by atoms with Crippen LogP contribution in [0.5, 0.6) is 0 Å². The van der Waals surface area contributed by atoms with Gasteiger partial charge in [0.15, 0.2) is 5.43 Å². The number of carbonyl (C=O) groups is 1. The molecule has 8 heteroatoms. The zero-order valence-electron chi connectivity index (χ0n) is 20.6. The van der Waals surface area contributed by atoms with Crippen molar-refractivity contribution in [3.05, 3.63) is 105 Å². The van der Waals surface area contributed by atoms with Crippen molar-refractivity contribution < 1.29 is 9.21 Å². The van der Waals surface area contributed by atoms with E-state index in [-0.39, 0.29) is 17.4 Å². The maximum absolute atomic E-state index is 13.2. The summed E-state index contributed by atoms with van der Waals surface area (Å²) in [6, 6.07) is 12.4. The summed E-state index contributed by atoms with van der Waals surface area (Å²) in [4.78, 5) is 25.7. The Kier molecular flexibility index (Phi) is 7.45. The molecule has 184 valence electrons. The van der Waals surface area contributed by atoms with Gasteiger partial charge in [0.05, 0.1) is 22.7 Å². The summed E-state index contributed by atoms with van der Waals surface area (Å²) >= 11 is 1.24. The standard InChI is InChI=1S/C28H28N4O3S/c1-16-11-21(17(2)31-24-8-6-5-7-20(24)28(34)32-36-4)27-22(12-16)25(33)14-26(35-27)18-9-10-23(29)19(13-18)15-30-3/h5-15,17,29-31H,1-4H3,(H,32,34)/b19-15-,29-23?. The number of rotatable bonds is 7. The number of benzene rings is 2. The predicted octanol–water partition coefficient (Wildman–Crippen LogP) is 5.36. The summed E-state index contributed by atoms with van der Waals surface area (Å²) in [5.74, 6) is 0.239. The van der Waals surface area contributed by atoms with Crippen LogP contribution in [0.3, 0.4) is 0 Å². The van der Waals surface area contributed by atoms with Crippen molar-refractivity contribution in [1.82, 2.24) is 10.0 Å². The number of allylic oxidation sites excluding steroid dienone is 5. The number of anilines is 1. The average Bonchev–Trinajstić information content (AvgIpc) is 2.86. The summed E-state index contributed by atoms with van der Waals surface area (Å²) < 4.78 is 9.11. The van der Waals surface area contributed by atoms with E-state index >= 15 is 0 Å². The largest absolute Gasteiger partial charge is 0.455 e. The van der Waals surface area contributed by atoms with Crippen molar-refractivity contribution in [3.63, 3.8) is 0 Å². The van der Waals surface area contributed by atoms with Crippen LogP contribution in [0.25, 0.3) is 16.5 Å². The third-order valence-electron chi connectivity index (χ3n) is 5.84. The van der Waals surface area contributed by atoms with Gasteiger partial charge in [-0.3, -0.25) is 14.3 Å². The molecule has 0 aliphatic heterocycles. The normalized spacial score (nSPS) is 15.1. The van der Waals surface area contributed by atoms with Gasteiger partial charge in [-0.1, -0.05) is 30.1 Å². The maximum Gasteiger partial charge on any atom is 0.263 e. The van der Waals surface area contributed by atoms with E-state index in [1.807, 2.05) is 50.3 Å². The lowest BCUT2D eigenvalue weighted by Gasteiger charge is -2.20. The Bertz CT molecular complexity index is 1500. The van der Waals surface area contributed by atoms with Crippen LogP contribution in [-0.2, 0) is 0 Å². The molecule has 36 heavy (non-hydrogen) atoms. The Hall–Kier alpha value is -4.04. The number of para-hydroxylation sites is 1. The number of fused-ring (bicyclic) bond motifs is 1. The SMILES string of the molecule is CN/C=C1/C=C(c2cc(=O)c3cc(C)cc(C(C)Nc4ccccc4C(=O)NSC)c3o2)C=CC1=N. The van der Waals surface area contributed by atoms with Crippen LogP contribution in [0.15, 0.2) is 81.7 Å². The highest BCUT2D eigenvalue weighted by molar-refractivity contribution is 7.97. The first-order valence-corrected chi connectivity index (χ1v) is 12.7. The molecule has 1 amide bonds. The van der Waals surface area contributed by atoms with Crippen molar-refractivity contribution >= 4 is 45.8 Å². The lowest BCUT2D eigenvalue weighted by Crippen LogP contribution is -2.18. The van der Waals surface area contributed by atoms with Gasteiger partial charge in [-0.2, -0.15) is 0 Å². The highest BCUT2D eigenvalue weighted by Gasteiger charge is 2.19. The van der Waals surface area contributed by atoms with Crippen LogP contribution in [0.1, 0.15) is 40.2 Å². The highest BCUT2D eigenvalue weighted by atomic mass is 32.2. The molecule has 0 spiro atoms. The minimum Gasteiger partial charge on any atom is -0.455 e. The zero-order chi connectivity index (χ0) is 25.8. The van der Waals surface area contributed by atoms with Crippen molar-refractivity contribution in [1.29, 1.82) is 5.41 Å². The fraction of sp³-hybridized carbons (Fsp3) is 0.179. The van der Waals surface area contributed by atoms with Crippen molar-refractivity contribution in [2.45, 2.75) is 19.9 Å². The number of nitrogens with one attached hydrogen (secondary N) is 4. The Balaban J connectivity index is 1.80. The summed E-state index contributed by atoms with van der Waals surface area (Å²) in [5.41, 5.74) is 5.07. The molecular formula is C28H28N4O3S. The number of hydrogen-bond donors (Lipinski definition) is 4. The highest BCUT2D eigenvalue weighted by Crippen LogP contribution is 2.31. The number of amides is 1. The first-order valence-electron chi connectivity index (χ1n) is 11.5. The van der Waals surface area contributed by atoms with E-state index in [9.17, 15) is 9.59 Å². The summed E-state index contributed by atoms with van der Waals surface area (Å²) in [6.45, 7) is 3.91. The smallest absolute Gasteiger partial charge is 0.263 e. The Morgan fingerprint density at radius 1 is 1.17 bits per heavy atom. The molecule has 2 aromatic carbocycles. The van der Waals surface area contributed by atoms with Crippen molar-refractivity contribution in [2.24, 2.45) is 0 Å². The second-order valence-corrected chi connectivity index (χ2v) is 9.10. The summed E-state index contributed by atoms with van der Waals surface area (Å²) in [7, 11) is 1.77. The Morgan fingerprint density at radius 2 is 1.94 bits per heavy atom. The van der Waals surface area contributed by atoms with Crippen LogP contribution in [0.4, 0.5) is 5.69 Å². The summed E-state index contributed by atoms with van der Waals surface area (Å²) in [5, 5.41) is 15.0. The maximum atomic E-state index is 13.2. The predicted molar refractivity (Wildman–Crippen MR) is 149 cm³/mol. The Morgan fingerprint density at radius 3 is 2.69 bits per heavy atom. The molecule has 0 fully saturated rings. The quantitative estimate of drug-likeness (QED) is 0.326. The van der Waals surface area contributed by atoms with Gasteiger partial charge in [-0.15, -0.1) is 0 Å². The van der Waals surface area contributed by atoms with E-state index in [4.69, 9.17) is 9.83 Å². The van der Waals surface area contributed by atoms with Gasteiger partial charge >= 0.3 is 0 Å². The zero-order valence-corrected chi connectivity index (χ0v) is 21.4. The van der Waals surface area contributed by atoms with E-state index in [2.05, 4.69) is 15.4 Å². The van der Waals surface area contributed by atoms with Gasteiger partial charge in [-0.25, -0.2) is 0 Å². The van der Waals surface area contributed by atoms with Gasteiger partial charge in [0.2, 0.25) is 0 Å². The molecule has 0 saturated carbocycles. The molecule has 4 N–H and O–H groups in total. The minimum absolute atomic E-state index is 0.141. The topological polar surface area (TPSA) is 107 Å². The van der Waals surface area contributed by atoms with Gasteiger partial charge in [0.1, 0.15) is 11.3 Å².